The smallest absolute Gasteiger partial charge is 0.311 e. The van der Waals surface area contributed by atoms with Crippen LogP contribution in [-0.4, -0.2) is 31.2 Å². The maximum Gasteiger partial charge on any atom is 0.311 e. The summed E-state index contributed by atoms with van der Waals surface area (Å²) in [6, 6.07) is 20.1. The van der Waals surface area contributed by atoms with Crippen LogP contribution in [0.2, 0.25) is 0 Å². The van der Waals surface area contributed by atoms with Crippen LogP contribution < -0.4 is 0 Å². The Kier molecular flexibility index (Phi) is 5.21. The van der Waals surface area contributed by atoms with Gasteiger partial charge in [0.05, 0.1) is 35.0 Å². The molecule has 1 atom stereocenters. The standard InChI is InChI=1S/C29H26N4O3/c1-20-24(19-33-25(18-30-32-33)23-10-6-3-7-11-23)26(36-31-20)28(29(16-17-29)27(34)35)14-12-22(13-15-28)21-8-4-2-5-9-21/h2-14,18H,15-17,19H2,1H3,(H,34,35). The van der Waals surface area contributed by atoms with Crippen molar-refractivity contribution in [2.45, 2.75) is 38.1 Å². The SMILES string of the molecule is Cc1noc(C2(C3(C(=O)O)CC3)C=CC(c3ccccc3)=CC2)c1Cn1nncc1-c1ccccc1. The van der Waals surface area contributed by atoms with Gasteiger partial charge in [0, 0.05) is 11.1 Å². The van der Waals surface area contributed by atoms with E-state index in [4.69, 9.17) is 4.52 Å². The number of benzene rings is 2. The molecule has 1 N–H and O–H groups in total. The van der Waals surface area contributed by atoms with Crippen LogP contribution in [0.4, 0.5) is 0 Å². The van der Waals surface area contributed by atoms with E-state index in [0.717, 1.165) is 33.7 Å². The van der Waals surface area contributed by atoms with Gasteiger partial charge in [-0.25, -0.2) is 4.68 Å². The summed E-state index contributed by atoms with van der Waals surface area (Å²) in [6.45, 7) is 2.28. The molecule has 1 fully saturated rings. The summed E-state index contributed by atoms with van der Waals surface area (Å²) >= 11 is 0. The molecule has 36 heavy (non-hydrogen) atoms. The minimum absolute atomic E-state index is 0.384. The van der Waals surface area contributed by atoms with Crippen molar-refractivity contribution in [3.05, 3.63) is 108 Å². The fourth-order valence-electron chi connectivity index (χ4n) is 5.48. The second kappa shape index (κ2) is 8.45. The van der Waals surface area contributed by atoms with Gasteiger partial charge in [0.25, 0.3) is 0 Å². The van der Waals surface area contributed by atoms with Gasteiger partial charge in [-0.2, -0.15) is 0 Å². The molecule has 7 heteroatoms. The van der Waals surface area contributed by atoms with Crippen molar-refractivity contribution in [1.29, 1.82) is 0 Å². The molecule has 0 spiro atoms. The van der Waals surface area contributed by atoms with Crippen molar-refractivity contribution in [3.8, 4) is 11.3 Å². The van der Waals surface area contributed by atoms with Crippen molar-refractivity contribution < 1.29 is 14.4 Å². The lowest BCUT2D eigenvalue weighted by Crippen LogP contribution is -2.41. The second-order valence-electron chi connectivity index (χ2n) is 9.64. The molecule has 1 saturated carbocycles. The predicted octanol–water partition coefficient (Wildman–Crippen LogP) is 5.44. The first-order valence-electron chi connectivity index (χ1n) is 12.1. The van der Waals surface area contributed by atoms with Gasteiger partial charge in [-0.05, 0) is 37.3 Å². The molecule has 2 aliphatic rings. The van der Waals surface area contributed by atoms with Gasteiger partial charge in [-0.15, -0.1) is 5.10 Å². The maximum absolute atomic E-state index is 12.6. The lowest BCUT2D eigenvalue weighted by Gasteiger charge is -2.36. The number of carboxylic acid groups (broad SMARTS) is 1. The zero-order valence-corrected chi connectivity index (χ0v) is 20.0. The number of rotatable bonds is 7. The van der Waals surface area contributed by atoms with E-state index in [-0.39, 0.29) is 0 Å². The first-order valence-corrected chi connectivity index (χ1v) is 12.1. The molecule has 2 aromatic carbocycles. The Balaban J connectivity index is 1.43. The third kappa shape index (κ3) is 3.42. The van der Waals surface area contributed by atoms with Gasteiger partial charge in [0.15, 0.2) is 5.76 Å². The molecule has 2 aromatic heterocycles. The molecule has 0 radical (unpaired) electrons. The minimum Gasteiger partial charge on any atom is -0.481 e. The molecule has 0 saturated heterocycles. The number of carbonyl (C=O) groups is 1. The maximum atomic E-state index is 12.6. The summed E-state index contributed by atoms with van der Waals surface area (Å²) in [5.41, 5.74) is 3.89. The van der Waals surface area contributed by atoms with Gasteiger partial charge in [0.2, 0.25) is 0 Å². The van der Waals surface area contributed by atoms with E-state index in [1.54, 1.807) is 6.20 Å². The highest BCUT2D eigenvalue weighted by Crippen LogP contribution is 2.64. The molecular formula is C29H26N4O3. The van der Waals surface area contributed by atoms with E-state index in [0.29, 0.717) is 31.6 Å². The van der Waals surface area contributed by atoms with E-state index in [1.165, 1.54) is 0 Å². The quantitative estimate of drug-likeness (QED) is 0.380. The summed E-state index contributed by atoms with van der Waals surface area (Å²) in [7, 11) is 0. The number of nitrogens with zero attached hydrogens (tertiary/aromatic N) is 4. The molecule has 4 aromatic rings. The van der Waals surface area contributed by atoms with Crippen molar-refractivity contribution in [1.82, 2.24) is 20.2 Å². The van der Waals surface area contributed by atoms with Crippen LogP contribution in [0.5, 0.6) is 0 Å². The summed E-state index contributed by atoms with van der Waals surface area (Å²) in [5.74, 6) is -0.191. The third-order valence-electron chi connectivity index (χ3n) is 7.70. The molecule has 2 aliphatic carbocycles. The molecule has 6 rings (SSSR count). The summed E-state index contributed by atoms with van der Waals surface area (Å²) in [4.78, 5) is 12.6. The first kappa shape index (κ1) is 22.2. The van der Waals surface area contributed by atoms with Crippen LogP contribution in [-0.2, 0) is 16.8 Å². The van der Waals surface area contributed by atoms with Gasteiger partial charge in [-0.3, -0.25) is 4.79 Å². The summed E-state index contributed by atoms with van der Waals surface area (Å²) in [5, 5.41) is 23.2. The van der Waals surface area contributed by atoms with Crippen molar-refractivity contribution in [2.75, 3.05) is 0 Å². The topological polar surface area (TPSA) is 94.0 Å². The first-order chi connectivity index (χ1) is 17.5. The number of hydrogen-bond donors (Lipinski definition) is 1. The van der Waals surface area contributed by atoms with Gasteiger partial charge >= 0.3 is 5.97 Å². The Morgan fingerprint density at radius 1 is 1.06 bits per heavy atom. The monoisotopic (exact) mass is 478 g/mol. The fourth-order valence-corrected chi connectivity index (χ4v) is 5.48. The molecular weight excluding hydrogens is 452 g/mol. The van der Waals surface area contributed by atoms with E-state index < -0.39 is 16.8 Å². The van der Waals surface area contributed by atoms with E-state index in [1.807, 2.05) is 72.3 Å². The molecule has 1 unspecified atom stereocenters. The number of allylic oxidation sites excluding steroid dienone is 4. The molecule has 2 heterocycles. The average Bonchev–Trinajstić information content (AvgIpc) is 3.50. The summed E-state index contributed by atoms with van der Waals surface area (Å²) < 4.78 is 7.82. The predicted molar refractivity (Wildman–Crippen MR) is 135 cm³/mol. The lowest BCUT2D eigenvalue weighted by molar-refractivity contribution is -0.146. The van der Waals surface area contributed by atoms with Crippen LogP contribution >= 0.6 is 0 Å². The van der Waals surface area contributed by atoms with E-state index >= 15 is 0 Å². The van der Waals surface area contributed by atoms with E-state index in [9.17, 15) is 9.90 Å². The van der Waals surface area contributed by atoms with Crippen molar-refractivity contribution in [2.24, 2.45) is 5.41 Å². The fraction of sp³-hybridized carbons (Fsp3) is 0.241. The Hall–Kier alpha value is -4.26. The Morgan fingerprint density at radius 2 is 1.75 bits per heavy atom. The zero-order valence-electron chi connectivity index (χ0n) is 20.0. The number of hydrogen-bond acceptors (Lipinski definition) is 5. The Morgan fingerprint density at radius 3 is 2.36 bits per heavy atom. The van der Waals surface area contributed by atoms with Crippen LogP contribution in [0.1, 0.15) is 41.8 Å². The number of aliphatic carboxylic acids is 1. The lowest BCUT2D eigenvalue weighted by atomic mass is 9.64. The molecule has 0 aliphatic heterocycles. The van der Waals surface area contributed by atoms with Crippen LogP contribution in [0.25, 0.3) is 16.8 Å². The molecule has 180 valence electrons. The highest BCUT2D eigenvalue weighted by atomic mass is 16.5. The Bertz CT molecular complexity index is 1480. The average molecular weight is 479 g/mol. The number of aromatic nitrogens is 4. The van der Waals surface area contributed by atoms with Crippen molar-refractivity contribution >= 4 is 11.5 Å². The van der Waals surface area contributed by atoms with Crippen LogP contribution in [0.15, 0.2) is 89.6 Å². The highest BCUT2D eigenvalue weighted by molar-refractivity contribution is 5.83. The normalized spacial score (nSPS) is 20.2. The molecule has 0 amide bonds. The van der Waals surface area contributed by atoms with Gasteiger partial charge < -0.3 is 9.63 Å². The second-order valence-corrected chi connectivity index (χ2v) is 9.64. The van der Waals surface area contributed by atoms with Crippen molar-refractivity contribution in [3.63, 3.8) is 0 Å². The Labute approximate surface area is 208 Å². The largest absolute Gasteiger partial charge is 0.481 e. The van der Waals surface area contributed by atoms with Gasteiger partial charge in [-0.1, -0.05) is 89.3 Å². The van der Waals surface area contributed by atoms with Crippen LogP contribution in [0, 0.1) is 12.3 Å². The highest BCUT2D eigenvalue weighted by Gasteiger charge is 2.66. The minimum atomic E-state index is -0.923. The third-order valence-corrected chi connectivity index (χ3v) is 7.70. The number of carboxylic acids is 1. The summed E-state index contributed by atoms with van der Waals surface area (Å²) in [6.07, 6.45) is 9.66. The molecule has 7 nitrogen and oxygen atoms in total. The van der Waals surface area contributed by atoms with Gasteiger partial charge in [0.1, 0.15) is 0 Å². The number of aryl methyl sites for hydroxylation is 1. The van der Waals surface area contributed by atoms with Crippen LogP contribution in [0.3, 0.4) is 0 Å². The van der Waals surface area contributed by atoms with E-state index in [2.05, 4.69) is 33.7 Å². The molecule has 0 bridgehead atoms. The zero-order chi connectivity index (χ0) is 24.8.